The fraction of sp³-hybridized carbons (Fsp3) is 0.462. The SMILES string of the molecule is COc1ccc(/C(N)=N/O)c(N(C)CC(C)(C)O)c1. The number of aliphatic hydroxyl groups is 1. The summed E-state index contributed by atoms with van der Waals surface area (Å²) in [4.78, 5) is 1.83. The van der Waals surface area contributed by atoms with Gasteiger partial charge in [0.2, 0.25) is 0 Å². The van der Waals surface area contributed by atoms with E-state index in [0.29, 0.717) is 17.9 Å². The first-order valence-corrected chi connectivity index (χ1v) is 5.88. The summed E-state index contributed by atoms with van der Waals surface area (Å²) in [5, 5.41) is 21.7. The predicted octanol–water partition coefficient (Wildman–Crippen LogP) is 0.997. The van der Waals surface area contributed by atoms with Crippen LogP contribution in [-0.4, -0.2) is 42.5 Å². The van der Waals surface area contributed by atoms with Crippen molar-refractivity contribution in [2.75, 3.05) is 25.6 Å². The highest BCUT2D eigenvalue weighted by molar-refractivity contribution is 6.02. The van der Waals surface area contributed by atoms with Crippen molar-refractivity contribution in [1.29, 1.82) is 0 Å². The number of amidine groups is 1. The van der Waals surface area contributed by atoms with Gasteiger partial charge in [0.15, 0.2) is 5.84 Å². The van der Waals surface area contributed by atoms with Crippen LogP contribution >= 0.6 is 0 Å². The Morgan fingerprint density at radius 1 is 1.47 bits per heavy atom. The predicted molar refractivity (Wildman–Crippen MR) is 75.1 cm³/mol. The Morgan fingerprint density at radius 2 is 2.11 bits per heavy atom. The van der Waals surface area contributed by atoms with E-state index in [1.54, 1.807) is 39.2 Å². The van der Waals surface area contributed by atoms with Gasteiger partial charge in [-0.15, -0.1) is 0 Å². The van der Waals surface area contributed by atoms with E-state index in [1.165, 1.54) is 0 Å². The summed E-state index contributed by atoms with van der Waals surface area (Å²) in [6.45, 7) is 3.82. The number of ether oxygens (including phenoxy) is 1. The van der Waals surface area contributed by atoms with Gasteiger partial charge in [-0.25, -0.2) is 0 Å². The summed E-state index contributed by atoms with van der Waals surface area (Å²) in [5.41, 5.74) is 6.10. The molecule has 1 aromatic carbocycles. The van der Waals surface area contributed by atoms with Crippen LogP contribution in [0.25, 0.3) is 0 Å². The smallest absolute Gasteiger partial charge is 0.172 e. The molecule has 0 aliphatic carbocycles. The molecule has 0 bridgehead atoms. The first kappa shape index (κ1) is 15.1. The molecule has 6 nitrogen and oxygen atoms in total. The van der Waals surface area contributed by atoms with E-state index in [-0.39, 0.29) is 5.84 Å². The Bertz CT molecular complexity index is 467. The van der Waals surface area contributed by atoms with Crippen LogP contribution in [0.3, 0.4) is 0 Å². The van der Waals surface area contributed by atoms with Crippen molar-refractivity contribution in [2.45, 2.75) is 19.4 Å². The summed E-state index contributed by atoms with van der Waals surface area (Å²) in [6.07, 6.45) is 0. The van der Waals surface area contributed by atoms with Crippen molar-refractivity contribution in [3.8, 4) is 5.75 Å². The minimum atomic E-state index is -0.861. The van der Waals surface area contributed by atoms with Crippen molar-refractivity contribution in [2.24, 2.45) is 10.9 Å². The molecular weight excluding hydrogens is 246 g/mol. The number of benzene rings is 1. The quantitative estimate of drug-likeness (QED) is 0.320. The monoisotopic (exact) mass is 267 g/mol. The maximum absolute atomic E-state index is 9.88. The van der Waals surface area contributed by atoms with Gasteiger partial charge in [0.1, 0.15) is 5.75 Å². The molecule has 0 aromatic heterocycles. The highest BCUT2D eigenvalue weighted by atomic mass is 16.5. The third kappa shape index (κ3) is 4.03. The third-order valence-corrected chi connectivity index (χ3v) is 2.62. The van der Waals surface area contributed by atoms with E-state index in [0.717, 1.165) is 5.69 Å². The molecule has 6 heteroatoms. The maximum atomic E-state index is 9.88. The Kier molecular flexibility index (Phi) is 4.61. The zero-order chi connectivity index (χ0) is 14.6. The molecule has 106 valence electrons. The lowest BCUT2D eigenvalue weighted by Crippen LogP contribution is -2.37. The number of likely N-dealkylation sites (N-methyl/N-ethyl adjacent to an activating group) is 1. The van der Waals surface area contributed by atoms with E-state index < -0.39 is 5.60 Å². The lowest BCUT2D eigenvalue weighted by Gasteiger charge is -2.29. The van der Waals surface area contributed by atoms with E-state index in [2.05, 4.69) is 5.16 Å². The van der Waals surface area contributed by atoms with E-state index in [9.17, 15) is 5.11 Å². The van der Waals surface area contributed by atoms with Crippen LogP contribution in [0.15, 0.2) is 23.4 Å². The molecule has 19 heavy (non-hydrogen) atoms. The molecule has 0 aliphatic heterocycles. The topological polar surface area (TPSA) is 91.3 Å². The van der Waals surface area contributed by atoms with E-state index in [1.807, 2.05) is 11.9 Å². The normalized spacial score (nSPS) is 12.4. The molecule has 4 N–H and O–H groups in total. The van der Waals surface area contributed by atoms with E-state index in [4.69, 9.17) is 15.7 Å². The third-order valence-electron chi connectivity index (χ3n) is 2.62. The highest BCUT2D eigenvalue weighted by Crippen LogP contribution is 2.26. The van der Waals surface area contributed by atoms with Crippen molar-refractivity contribution in [3.05, 3.63) is 23.8 Å². The van der Waals surface area contributed by atoms with Crippen molar-refractivity contribution < 1.29 is 15.1 Å². The fourth-order valence-electron chi connectivity index (χ4n) is 1.89. The average Bonchev–Trinajstić information content (AvgIpc) is 2.35. The first-order chi connectivity index (χ1) is 8.78. The van der Waals surface area contributed by atoms with Gasteiger partial charge in [-0.05, 0) is 26.0 Å². The summed E-state index contributed by atoms with van der Waals surface area (Å²) < 4.78 is 5.17. The molecule has 0 radical (unpaired) electrons. The Hall–Kier alpha value is -1.95. The van der Waals surface area contributed by atoms with Gasteiger partial charge in [0.25, 0.3) is 0 Å². The largest absolute Gasteiger partial charge is 0.497 e. The molecule has 1 rings (SSSR count). The minimum Gasteiger partial charge on any atom is -0.497 e. The van der Waals surface area contributed by atoms with Crippen LogP contribution in [-0.2, 0) is 0 Å². The summed E-state index contributed by atoms with van der Waals surface area (Å²) in [5.74, 6) is 0.673. The number of oxime groups is 1. The molecule has 0 spiro atoms. The summed E-state index contributed by atoms with van der Waals surface area (Å²) >= 11 is 0. The second-order valence-corrected chi connectivity index (χ2v) is 5.04. The number of nitrogens with zero attached hydrogens (tertiary/aromatic N) is 2. The van der Waals surface area contributed by atoms with Gasteiger partial charge >= 0.3 is 0 Å². The van der Waals surface area contributed by atoms with Gasteiger partial charge in [-0.2, -0.15) is 0 Å². The van der Waals surface area contributed by atoms with Gasteiger partial charge in [0, 0.05) is 25.2 Å². The lowest BCUT2D eigenvalue weighted by molar-refractivity contribution is 0.0886. The number of nitrogens with two attached hydrogens (primary N) is 1. The minimum absolute atomic E-state index is 0.0141. The molecule has 0 amide bonds. The summed E-state index contributed by atoms with van der Waals surface area (Å²) in [6, 6.07) is 5.22. The van der Waals surface area contributed by atoms with Gasteiger partial charge in [0.05, 0.1) is 18.4 Å². The highest BCUT2D eigenvalue weighted by Gasteiger charge is 2.19. The molecule has 0 aliphatic rings. The molecule has 0 heterocycles. The molecule has 0 saturated carbocycles. The molecule has 0 saturated heterocycles. The second kappa shape index (κ2) is 5.79. The second-order valence-electron chi connectivity index (χ2n) is 5.04. The standard InChI is InChI=1S/C13H21N3O3/c1-13(2,17)8-16(3)11-7-9(19-4)5-6-10(11)12(14)15-18/h5-7,17-18H,8H2,1-4H3,(H2,14,15). The van der Waals surface area contributed by atoms with Crippen molar-refractivity contribution >= 4 is 11.5 Å². The number of anilines is 1. The summed E-state index contributed by atoms with van der Waals surface area (Å²) in [7, 11) is 3.39. The van der Waals surface area contributed by atoms with E-state index >= 15 is 0 Å². The van der Waals surface area contributed by atoms with Crippen LogP contribution in [0.5, 0.6) is 5.75 Å². The van der Waals surface area contributed by atoms with Crippen LogP contribution in [0.2, 0.25) is 0 Å². The Labute approximate surface area is 113 Å². The first-order valence-electron chi connectivity index (χ1n) is 5.88. The van der Waals surface area contributed by atoms with Gasteiger partial charge < -0.3 is 25.7 Å². The molecule has 1 aromatic rings. The van der Waals surface area contributed by atoms with Crippen LogP contribution in [0.4, 0.5) is 5.69 Å². The molecular formula is C13H21N3O3. The number of rotatable bonds is 5. The van der Waals surface area contributed by atoms with Crippen LogP contribution in [0, 0.1) is 0 Å². The number of hydrogen-bond donors (Lipinski definition) is 3. The number of methoxy groups -OCH3 is 1. The molecule has 0 unspecified atom stereocenters. The maximum Gasteiger partial charge on any atom is 0.172 e. The molecule has 0 fully saturated rings. The van der Waals surface area contributed by atoms with Gasteiger partial charge in [-0.3, -0.25) is 0 Å². The lowest BCUT2D eigenvalue weighted by atomic mass is 10.1. The average molecular weight is 267 g/mol. The Balaban J connectivity index is 3.21. The Morgan fingerprint density at radius 3 is 2.58 bits per heavy atom. The zero-order valence-corrected chi connectivity index (χ0v) is 11.7. The molecule has 0 atom stereocenters. The number of hydrogen-bond acceptors (Lipinski definition) is 5. The van der Waals surface area contributed by atoms with Gasteiger partial charge in [-0.1, -0.05) is 5.16 Å². The zero-order valence-electron chi connectivity index (χ0n) is 11.7. The van der Waals surface area contributed by atoms with Crippen molar-refractivity contribution in [3.63, 3.8) is 0 Å². The fourth-order valence-corrected chi connectivity index (χ4v) is 1.89. The van der Waals surface area contributed by atoms with Crippen LogP contribution in [0.1, 0.15) is 19.4 Å². The van der Waals surface area contributed by atoms with Crippen molar-refractivity contribution in [1.82, 2.24) is 0 Å². The van der Waals surface area contributed by atoms with Crippen LogP contribution < -0.4 is 15.4 Å².